The quantitative estimate of drug-likeness (QED) is 0.368. The van der Waals surface area contributed by atoms with Gasteiger partial charge in [0.1, 0.15) is 6.54 Å². The van der Waals surface area contributed by atoms with Crippen molar-refractivity contribution in [2.45, 2.75) is 26.7 Å². The van der Waals surface area contributed by atoms with E-state index in [1.54, 1.807) is 25.1 Å². The Morgan fingerprint density at radius 1 is 1.11 bits per heavy atom. The number of rotatable bonds is 10. The molecule has 1 heterocycles. The molecule has 0 aromatic heterocycles. The lowest BCUT2D eigenvalue weighted by Gasteiger charge is -2.15. The van der Waals surface area contributed by atoms with Crippen LogP contribution in [0.2, 0.25) is 0 Å². The number of imide groups is 1. The van der Waals surface area contributed by atoms with Crippen LogP contribution in [0.5, 0.6) is 11.5 Å². The van der Waals surface area contributed by atoms with Gasteiger partial charge < -0.3 is 19.5 Å². The Balaban J connectivity index is 1.67. The lowest BCUT2D eigenvalue weighted by Crippen LogP contribution is -2.34. The number of amides is 3. The summed E-state index contributed by atoms with van der Waals surface area (Å²) < 4.78 is 15.9. The molecule has 1 aliphatic rings. The Bertz CT molecular complexity index is 1190. The van der Waals surface area contributed by atoms with E-state index in [0.29, 0.717) is 17.1 Å². The number of hydrogen-bond acceptors (Lipinski definition) is 8. The second-order valence-electron chi connectivity index (χ2n) is 8.06. The SMILES string of the molecule is CCOC(=O)CN1C(=O)S/C(=C\c2ccc(OCC(=O)Nc3ccccc3C(C)C)c(OC)c2)C1=O. The minimum Gasteiger partial charge on any atom is -0.493 e. The molecule has 9 nitrogen and oxygen atoms in total. The first-order valence-electron chi connectivity index (χ1n) is 11.3. The van der Waals surface area contributed by atoms with Crippen LogP contribution < -0.4 is 14.8 Å². The molecule has 3 rings (SSSR count). The zero-order chi connectivity index (χ0) is 26.2. The summed E-state index contributed by atoms with van der Waals surface area (Å²) in [4.78, 5) is 49.9. The predicted octanol–water partition coefficient (Wildman–Crippen LogP) is 4.44. The lowest BCUT2D eigenvalue weighted by atomic mass is 10.0. The summed E-state index contributed by atoms with van der Waals surface area (Å²) in [5.41, 5.74) is 2.34. The van der Waals surface area contributed by atoms with Crippen LogP contribution in [-0.2, 0) is 19.1 Å². The number of anilines is 1. The zero-order valence-electron chi connectivity index (χ0n) is 20.5. The van der Waals surface area contributed by atoms with Crippen molar-refractivity contribution in [2.75, 3.05) is 32.2 Å². The van der Waals surface area contributed by atoms with E-state index >= 15 is 0 Å². The second kappa shape index (κ2) is 12.3. The molecule has 0 spiro atoms. The van der Waals surface area contributed by atoms with Crippen LogP contribution >= 0.6 is 11.8 Å². The third-order valence-electron chi connectivity index (χ3n) is 5.17. The maximum absolute atomic E-state index is 12.6. The fourth-order valence-electron chi connectivity index (χ4n) is 3.46. The van der Waals surface area contributed by atoms with Gasteiger partial charge in [-0.2, -0.15) is 0 Å². The van der Waals surface area contributed by atoms with Gasteiger partial charge in [-0.1, -0.05) is 38.1 Å². The lowest BCUT2D eigenvalue weighted by molar-refractivity contribution is -0.146. The van der Waals surface area contributed by atoms with E-state index in [0.717, 1.165) is 27.9 Å². The molecule has 0 unspecified atom stereocenters. The normalized spacial score (nSPS) is 14.4. The standard InChI is InChI=1S/C26H28N2O7S/c1-5-34-24(30)14-28-25(31)22(36-26(28)32)13-17-10-11-20(21(12-17)33-4)35-15-23(29)27-19-9-7-6-8-18(19)16(2)3/h6-13,16H,5,14-15H2,1-4H3,(H,27,29)/b22-13-. The van der Waals surface area contributed by atoms with E-state index < -0.39 is 23.7 Å². The third-order valence-corrected chi connectivity index (χ3v) is 6.07. The van der Waals surface area contributed by atoms with Crippen LogP contribution in [0, 0.1) is 0 Å². The molecule has 36 heavy (non-hydrogen) atoms. The average molecular weight is 513 g/mol. The first kappa shape index (κ1) is 26.8. The van der Waals surface area contributed by atoms with Crippen molar-refractivity contribution < 1.29 is 33.4 Å². The van der Waals surface area contributed by atoms with Crippen molar-refractivity contribution in [1.82, 2.24) is 4.90 Å². The smallest absolute Gasteiger partial charge is 0.326 e. The summed E-state index contributed by atoms with van der Waals surface area (Å²) in [6.07, 6.45) is 1.53. The highest BCUT2D eigenvalue weighted by molar-refractivity contribution is 8.18. The molecule has 1 saturated heterocycles. The largest absolute Gasteiger partial charge is 0.493 e. The Labute approximate surface area is 213 Å². The first-order valence-corrected chi connectivity index (χ1v) is 12.2. The van der Waals surface area contributed by atoms with E-state index in [1.165, 1.54) is 13.2 Å². The topological polar surface area (TPSA) is 111 Å². The Morgan fingerprint density at radius 3 is 2.56 bits per heavy atom. The van der Waals surface area contributed by atoms with Gasteiger partial charge in [0.25, 0.3) is 17.1 Å². The summed E-state index contributed by atoms with van der Waals surface area (Å²) in [5.74, 6) is -0.593. The Hall–Kier alpha value is -3.79. The van der Waals surface area contributed by atoms with Crippen molar-refractivity contribution in [3.8, 4) is 11.5 Å². The molecule has 0 bridgehead atoms. The van der Waals surface area contributed by atoms with Gasteiger partial charge in [-0.05, 0) is 60.0 Å². The van der Waals surface area contributed by atoms with Crippen molar-refractivity contribution in [1.29, 1.82) is 0 Å². The van der Waals surface area contributed by atoms with Crippen LogP contribution in [0.1, 0.15) is 37.8 Å². The number of hydrogen-bond donors (Lipinski definition) is 1. The fourth-order valence-corrected chi connectivity index (χ4v) is 4.30. The van der Waals surface area contributed by atoms with Gasteiger partial charge >= 0.3 is 5.97 Å². The van der Waals surface area contributed by atoms with Crippen LogP contribution in [0.15, 0.2) is 47.4 Å². The molecule has 2 aromatic carbocycles. The summed E-state index contributed by atoms with van der Waals surface area (Å²) in [7, 11) is 1.46. The van der Waals surface area contributed by atoms with Gasteiger partial charge in [-0.15, -0.1) is 0 Å². The number of thioether (sulfide) groups is 1. The molecule has 0 aliphatic carbocycles. The number of benzene rings is 2. The summed E-state index contributed by atoms with van der Waals surface area (Å²) in [6.45, 7) is 5.24. The number of esters is 1. The van der Waals surface area contributed by atoms with Gasteiger partial charge in [-0.3, -0.25) is 24.1 Å². The van der Waals surface area contributed by atoms with Gasteiger partial charge in [0, 0.05) is 5.69 Å². The summed E-state index contributed by atoms with van der Waals surface area (Å²) in [6, 6.07) is 12.5. The molecular formula is C26H28N2O7S. The van der Waals surface area contributed by atoms with Gasteiger partial charge in [0.05, 0.1) is 18.6 Å². The van der Waals surface area contributed by atoms with Crippen molar-refractivity contribution >= 4 is 46.5 Å². The van der Waals surface area contributed by atoms with Crippen LogP contribution in [-0.4, -0.2) is 54.8 Å². The van der Waals surface area contributed by atoms with E-state index in [4.69, 9.17) is 14.2 Å². The highest BCUT2D eigenvalue weighted by Crippen LogP contribution is 2.34. The highest BCUT2D eigenvalue weighted by atomic mass is 32.2. The Kier molecular flexibility index (Phi) is 9.13. The highest BCUT2D eigenvalue weighted by Gasteiger charge is 2.36. The second-order valence-corrected chi connectivity index (χ2v) is 9.06. The maximum atomic E-state index is 12.6. The number of para-hydroxylation sites is 1. The summed E-state index contributed by atoms with van der Waals surface area (Å²) >= 11 is 0.738. The molecule has 1 aliphatic heterocycles. The maximum Gasteiger partial charge on any atom is 0.326 e. The molecule has 1 N–H and O–H groups in total. The van der Waals surface area contributed by atoms with Crippen molar-refractivity contribution in [3.05, 3.63) is 58.5 Å². The summed E-state index contributed by atoms with van der Waals surface area (Å²) in [5, 5.41) is 2.32. The van der Waals surface area contributed by atoms with Crippen LogP contribution in [0.3, 0.4) is 0 Å². The molecule has 2 aromatic rings. The first-order chi connectivity index (χ1) is 17.2. The number of ether oxygens (including phenoxy) is 3. The zero-order valence-corrected chi connectivity index (χ0v) is 21.3. The van der Waals surface area contributed by atoms with E-state index in [-0.39, 0.29) is 29.9 Å². The molecule has 0 atom stereocenters. The predicted molar refractivity (Wildman–Crippen MR) is 137 cm³/mol. The Morgan fingerprint density at radius 2 is 1.86 bits per heavy atom. The molecule has 190 valence electrons. The number of nitrogens with one attached hydrogen (secondary N) is 1. The molecule has 0 saturated carbocycles. The van der Waals surface area contributed by atoms with E-state index in [1.807, 2.05) is 24.3 Å². The van der Waals surface area contributed by atoms with E-state index in [9.17, 15) is 19.2 Å². The van der Waals surface area contributed by atoms with Gasteiger partial charge in [0.15, 0.2) is 18.1 Å². The van der Waals surface area contributed by atoms with E-state index in [2.05, 4.69) is 19.2 Å². The monoisotopic (exact) mass is 512 g/mol. The van der Waals surface area contributed by atoms with Gasteiger partial charge in [-0.25, -0.2) is 0 Å². The fraction of sp³-hybridized carbons (Fsp3) is 0.308. The number of methoxy groups -OCH3 is 1. The number of carbonyl (C=O) groups excluding carboxylic acids is 4. The molecular weight excluding hydrogens is 484 g/mol. The number of nitrogens with zero attached hydrogens (tertiary/aromatic N) is 1. The average Bonchev–Trinajstić information content (AvgIpc) is 3.10. The molecule has 0 radical (unpaired) electrons. The molecule has 1 fully saturated rings. The molecule has 3 amide bonds. The number of carbonyl (C=O) groups is 4. The molecule has 10 heteroatoms. The minimum atomic E-state index is -0.652. The van der Waals surface area contributed by atoms with Crippen molar-refractivity contribution in [3.63, 3.8) is 0 Å². The van der Waals surface area contributed by atoms with Crippen LogP contribution in [0.25, 0.3) is 6.08 Å². The minimum absolute atomic E-state index is 0.159. The third kappa shape index (κ3) is 6.66. The van der Waals surface area contributed by atoms with Gasteiger partial charge in [0.2, 0.25) is 0 Å². The van der Waals surface area contributed by atoms with Crippen molar-refractivity contribution in [2.24, 2.45) is 0 Å². The van der Waals surface area contributed by atoms with Crippen LogP contribution in [0.4, 0.5) is 10.5 Å².